The number of unbranched alkanes of at least 4 members (excludes halogenated alkanes) is 5. The summed E-state index contributed by atoms with van der Waals surface area (Å²) in [5.41, 5.74) is -0.361. The van der Waals surface area contributed by atoms with Gasteiger partial charge in [-0.3, -0.25) is 48.2 Å². The molecule has 1 fully saturated rings. The van der Waals surface area contributed by atoms with Crippen molar-refractivity contribution in [2.45, 2.75) is 137 Å². The number of nitrogens with one attached hydrogen (secondary N) is 2. The highest BCUT2D eigenvalue weighted by molar-refractivity contribution is 8.00. The lowest BCUT2D eigenvalue weighted by molar-refractivity contribution is -0.141. The molecule has 0 saturated carbocycles. The van der Waals surface area contributed by atoms with Crippen LogP contribution in [0, 0.1) is 23.2 Å². The second kappa shape index (κ2) is 22.1. The van der Waals surface area contributed by atoms with Crippen LogP contribution < -0.4 is 10.6 Å². The quantitative estimate of drug-likeness (QED) is 0.0943. The maximum Gasteiger partial charge on any atom is 0.253 e. The number of likely N-dealkylation sites (tertiary alicyclic amines) is 1. The zero-order valence-electron chi connectivity index (χ0n) is 33.2. The van der Waals surface area contributed by atoms with Gasteiger partial charge in [-0.2, -0.15) is 11.8 Å². The Labute approximate surface area is 320 Å². The molecule has 298 valence electrons. The molecular formula is C40H64N4O8S. The summed E-state index contributed by atoms with van der Waals surface area (Å²) in [7, 11) is 0. The van der Waals surface area contributed by atoms with Crippen LogP contribution in [-0.4, -0.2) is 93.5 Å². The molecule has 2 N–H and O–H groups in total. The molecule has 2 unspecified atom stereocenters. The molecule has 0 spiro atoms. The number of rotatable bonds is 25. The lowest BCUT2D eigenvalue weighted by atomic mass is 9.80. The van der Waals surface area contributed by atoms with Crippen LogP contribution in [0.2, 0.25) is 0 Å². The number of imide groups is 2. The molecular weight excluding hydrogens is 697 g/mol. The van der Waals surface area contributed by atoms with Crippen molar-refractivity contribution in [1.29, 1.82) is 0 Å². The van der Waals surface area contributed by atoms with Crippen molar-refractivity contribution in [2.75, 3.05) is 31.9 Å². The Morgan fingerprint density at radius 2 is 1.36 bits per heavy atom. The zero-order valence-corrected chi connectivity index (χ0v) is 34.0. The van der Waals surface area contributed by atoms with E-state index in [2.05, 4.69) is 31.4 Å². The van der Waals surface area contributed by atoms with Gasteiger partial charge < -0.3 is 10.6 Å². The third-order valence-electron chi connectivity index (χ3n) is 9.73. The highest BCUT2D eigenvalue weighted by Gasteiger charge is 2.44. The minimum atomic E-state index is -0.588. The molecule has 2 heterocycles. The molecule has 2 aliphatic rings. The fourth-order valence-electron chi connectivity index (χ4n) is 6.26. The first kappa shape index (κ1) is 45.8. The molecule has 0 radical (unpaired) electrons. The predicted octanol–water partition coefficient (Wildman–Crippen LogP) is 5.17. The number of carbonyl (C=O) groups is 8. The fraction of sp³-hybridized carbons (Fsp3) is 0.750. The molecule has 53 heavy (non-hydrogen) atoms. The van der Waals surface area contributed by atoms with Crippen LogP contribution in [0.5, 0.6) is 0 Å². The number of carbonyl (C=O) groups excluding carboxylic acids is 8. The van der Waals surface area contributed by atoms with Crippen LogP contribution >= 0.6 is 11.8 Å². The van der Waals surface area contributed by atoms with E-state index in [9.17, 15) is 38.4 Å². The molecule has 2 aliphatic heterocycles. The normalized spacial score (nSPS) is 17.5. The molecule has 0 aliphatic carbocycles. The van der Waals surface area contributed by atoms with E-state index in [1.807, 2.05) is 39.5 Å². The van der Waals surface area contributed by atoms with Gasteiger partial charge in [0.15, 0.2) is 0 Å². The number of hydrogen-bond donors (Lipinski definition) is 2. The van der Waals surface area contributed by atoms with Gasteiger partial charge in [0.05, 0.1) is 5.92 Å². The van der Waals surface area contributed by atoms with Gasteiger partial charge in [0.1, 0.15) is 11.6 Å². The number of thioether (sulfide) groups is 1. The van der Waals surface area contributed by atoms with E-state index in [4.69, 9.17) is 0 Å². The van der Waals surface area contributed by atoms with Crippen LogP contribution in [0.15, 0.2) is 12.2 Å². The lowest BCUT2D eigenvalue weighted by Crippen LogP contribution is -2.36. The summed E-state index contributed by atoms with van der Waals surface area (Å²) in [6.07, 6.45) is 9.08. The zero-order chi connectivity index (χ0) is 39.8. The van der Waals surface area contributed by atoms with Crippen molar-refractivity contribution in [3.05, 3.63) is 12.2 Å². The van der Waals surface area contributed by atoms with Gasteiger partial charge in [-0.05, 0) is 31.1 Å². The van der Waals surface area contributed by atoms with Crippen LogP contribution in [0.25, 0.3) is 0 Å². The second-order valence-electron chi connectivity index (χ2n) is 16.6. The molecule has 2 rings (SSSR count). The third-order valence-corrected chi connectivity index (χ3v) is 11.3. The molecule has 12 nitrogen and oxygen atoms in total. The van der Waals surface area contributed by atoms with Crippen molar-refractivity contribution in [2.24, 2.45) is 23.2 Å². The first-order valence-electron chi connectivity index (χ1n) is 19.4. The van der Waals surface area contributed by atoms with E-state index in [1.165, 1.54) is 17.1 Å². The summed E-state index contributed by atoms with van der Waals surface area (Å²) < 4.78 is 0.146. The van der Waals surface area contributed by atoms with E-state index < -0.39 is 23.7 Å². The molecule has 0 aromatic heterocycles. The smallest absolute Gasteiger partial charge is 0.253 e. The van der Waals surface area contributed by atoms with Gasteiger partial charge in [0.2, 0.25) is 23.6 Å². The van der Waals surface area contributed by atoms with Gasteiger partial charge in [-0.15, -0.1) is 0 Å². The van der Waals surface area contributed by atoms with E-state index in [0.29, 0.717) is 44.6 Å². The van der Waals surface area contributed by atoms with Gasteiger partial charge in [-0.25, -0.2) is 0 Å². The van der Waals surface area contributed by atoms with Crippen molar-refractivity contribution in [1.82, 2.24) is 20.4 Å². The Morgan fingerprint density at radius 1 is 0.774 bits per heavy atom. The minimum Gasteiger partial charge on any atom is -0.356 e. The monoisotopic (exact) mass is 760 g/mol. The Balaban J connectivity index is 1.78. The molecule has 1 saturated heterocycles. The van der Waals surface area contributed by atoms with E-state index in [1.54, 1.807) is 0 Å². The van der Waals surface area contributed by atoms with Crippen LogP contribution in [0.4, 0.5) is 0 Å². The third kappa shape index (κ3) is 17.1. The van der Waals surface area contributed by atoms with E-state index in [0.717, 1.165) is 42.8 Å². The number of amides is 6. The molecule has 0 aromatic rings. The van der Waals surface area contributed by atoms with Gasteiger partial charge in [0, 0.05) is 92.8 Å². The topological polar surface area (TPSA) is 167 Å². The van der Waals surface area contributed by atoms with Crippen molar-refractivity contribution < 1.29 is 38.4 Å². The lowest BCUT2D eigenvalue weighted by Gasteiger charge is -2.24. The highest BCUT2D eigenvalue weighted by Crippen LogP contribution is 2.35. The Morgan fingerprint density at radius 3 is 1.98 bits per heavy atom. The average molecular weight is 761 g/mol. The maximum atomic E-state index is 13.3. The summed E-state index contributed by atoms with van der Waals surface area (Å²) >= 11 is 1.82. The molecule has 3 atom stereocenters. The summed E-state index contributed by atoms with van der Waals surface area (Å²) in [6.45, 7) is 15.1. The highest BCUT2D eigenvalue weighted by atomic mass is 32.2. The average Bonchev–Trinajstić information content (AvgIpc) is 3.56. The first-order valence-corrected chi connectivity index (χ1v) is 20.4. The Hall–Kier alpha value is -3.35. The van der Waals surface area contributed by atoms with E-state index in [-0.39, 0.29) is 84.3 Å². The Bertz CT molecular complexity index is 1330. The minimum absolute atomic E-state index is 0.00243. The standard InChI is InChI=1S/C40H64N4O8S/c1-28(27-53-40(5,6)7)32(46)16-11-9-8-10-13-22-42-37(51)29(15-12-14-21-41-33(47)20-24-43-34(48)17-18-35(43)49)25-30(45)19-23-44-36(50)26-31(38(44)52)39(2,3)4/h17-18,28-29,31H,8-16,19-27H2,1-7H3,(H,41,47)(H,42,51)/t28?,29-,31?/m1/s1. The number of hydrogen-bond acceptors (Lipinski definition) is 9. The van der Waals surface area contributed by atoms with Crippen molar-refractivity contribution in [3.63, 3.8) is 0 Å². The SMILES string of the molecule is CC(CSC(C)(C)C)C(=O)CCCCCCCNC(=O)[C@H](CCCCNC(=O)CCN1C(=O)C=CC1=O)CC(=O)CCN1C(=O)CC(C(C)(C)C)C1=O. The first-order chi connectivity index (χ1) is 24.8. The second-order valence-corrected chi connectivity index (χ2v) is 18.4. The molecule has 13 heteroatoms. The van der Waals surface area contributed by atoms with Crippen LogP contribution in [0.3, 0.4) is 0 Å². The number of nitrogens with zero attached hydrogens (tertiary/aromatic N) is 2. The molecule has 0 aromatic carbocycles. The summed E-state index contributed by atoms with van der Waals surface area (Å²) in [4.78, 5) is 102. The summed E-state index contributed by atoms with van der Waals surface area (Å²) in [5.74, 6) is -1.89. The predicted molar refractivity (Wildman–Crippen MR) is 206 cm³/mol. The van der Waals surface area contributed by atoms with Crippen molar-refractivity contribution in [3.8, 4) is 0 Å². The summed E-state index contributed by atoms with van der Waals surface area (Å²) in [6, 6.07) is 0. The fourth-order valence-corrected chi connectivity index (χ4v) is 7.19. The largest absolute Gasteiger partial charge is 0.356 e. The maximum absolute atomic E-state index is 13.3. The number of Topliss-reactive ketones (excluding diaryl/α,β-unsaturated/α-hetero) is 2. The summed E-state index contributed by atoms with van der Waals surface area (Å²) in [5, 5.41) is 5.75. The van der Waals surface area contributed by atoms with Gasteiger partial charge in [0.25, 0.3) is 11.8 Å². The molecule has 6 amide bonds. The number of ketones is 2. The van der Waals surface area contributed by atoms with Crippen LogP contribution in [0.1, 0.15) is 132 Å². The van der Waals surface area contributed by atoms with E-state index >= 15 is 0 Å². The molecule has 0 bridgehead atoms. The van der Waals surface area contributed by atoms with Gasteiger partial charge >= 0.3 is 0 Å². The van der Waals surface area contributed by atoms with Crippen LogP contribution in [-0.2, 0) is 38.4 Å². The van der Waals surface area contributed by atoms with Crippen molar-refractivity contribution >= 4 is 58.8 Å². The van der Waals surface area contributed by atoms with Gasteiger partial charge in [-0.1, -0.05) is 74.1 Å². The Kier molecular flexibility index (Phi) is 19.1.